The number of anilines is 1. The maximum atomic E-state index is 12.6. The van der Waals surface area contributed by atoms with Gasteiger partial charge in [0, 0.05) is 16.6 Å². The summed E-state index contributed by atoms with van der Waals surface area (Å²) in [7, 11) is 0. The van der Waals surface area contributed by atoms with Gasteiger partial charge in [0.15, 0.2) is 0 Å². The molecule has 0 aliphatic heterocycles. The number of carbonyl (C=O) groups excluding carboxylic acids is 1. The molecule has 0 saturated carbocycles. The predicted molar refractivity (Wildman–Crippen MR) is 95.2 cm³/mol. The van der Waals surface area contributed by atoms with E-state index in [-0.39, 0.29) is 5.91 Å². The van der Waals surface area contributed by atoms with Gasteiger partial charge in [-0.25, -0.2) is 0 Å². The molecule has 0 unspecified atom stereocenters. The fourth-order valence-corrected chi connectivity index (χ4v) is 3.66. The van der Waals surface area contributed by atoms with Gasteiger partial charge in [0.05, 0.1) is 0 Å². The molecule has 3 aromatic rings. The monoisotopic (exact) mass is 301 g/mol. The lowest BCUT2D eigenvalue weighted by molar-refractivity contribution is 0.102. The topological polar surface area (TPSA) is 29.1 Å². The molecule has 114 valence electrons. The van der Waals surface area contributed by atoms with Crippen molar-refractivity contribution in [3.8, 4) is 0 Å². The second-order valence-corrected chi connectivity index (χ2v) is 6.44. The Morgan fingerprint density at radius 2 is 1.61 bits per heavy atom. The smallest absolute Gasteiger partial charge is 0.255 e. The number of amides is 1. The zero-order valence-electron chi connectivity index (χ0n) is 13.4. The molecular weight excluding hydrogens is 282 g/mol. The first-order valence-corrected chi connectivity index (χ1v) is 8.05. The fraction of sp³-hybridized carbons (Fsp3) is 0.190. The van der Waals surface area contributed by atoms with Crippen LogP contribution < -0.4 is 5.32 Å². The molecule has 1 N–H and O–H groups in total. The third-order valence-corrected chi connectivity index (χ3v) is 4.61. The highest BCUT2D eigenvalue weighted by Crippen LogP contribution is 2.35. The fourth-order valence-electron chi connectivity index (χ4n) is 3.66. The molecule has 0 heterocycles. The normalized spacial score (nSPS) is 12.6. The lowest BCUT2D eigenvalue weighted by Gasteiger charge is -2.11. The molecule has 1 aliphatic rings. The van der Waals surface area contributed by atoms with Crippen LogP contribution in [0.3, 0.4) is 0 Å². The molecule has 0 atom stereocenters. The van der Waals surface area contributed by atoms with E-state index < -0.39 is 0 Å². The van der Waals surface area contributed by atoms with E-state index in [4.69, 9.17) is 0 Å². The molecule has 2 heteroatoms. The van der Waals surface area contributed by atoms with Crippen molar-refractivity contribution in [1.29, 1.82) is 0 Å². The minimum atomic E-state index is -0.0458. The van der Waals surface area contributed by atoms with Gasteiger partial charge in [-0.2, -0.15) is 0 Å². The van der Waals surface area contributed by atoms with Crippen molar-refractivity contribution in [3.05, 3.63) is 76.3 Å². The van der Waals surface area contributed by atoms with Crippen LogP contribution in [-0.4, -0.2) is 5.91 Å². The van der Waals surface area contributed by atoms with Crippen molar-refractivity contribution in [2.24, 2.45) is 0 Å². The zero-order chi connectivity index (χ0) is 16.0. The van der Waals surface area contributed by atoms with Gasteiger partial charge in [-0.3, -0.25) is 4.79 Å². The summed E-state index contributed by atoms with van der Waals surface area (Å²) in [6.07, 6.45) is 2.20. The Labute approximate surface area is 136 Å². The number of hydrogen-bond donors (Lipinski definition) is 1. The summed E-state index contributed by atoms with van der Waals surface area (Å²) in [6.45, 7) is 4.03. The number of carbonyl (C=O) groups is 1. The molecule has 3 aromatic carbocycles. The molecule has 0 aromatic heterocycles. The molecule has 2 nitrogen and oxygen atoms in total. The first kappa shape index (κ1) is 14.0. The van der Waals surface area contributed by atoms with Crippen LogP contribution in [0.2, 0.25) is 0 Å². The van der Waals surface area contributed by atoms with Crippen molar-refractivity contribution in [2.75, 3.05) is 5.32 Å². The number of hydrogen-bond acceptors (Lipinski definition) is 1. The van der Waals surface area contributed by atoms with E-state index in [1.54, 1.807) is 0 Å². The maximum Gasteiger partial charge on any atom is 0.255 e. The summed E-state index contributed by atoms with van der Waals surface area (Å²) < 4.78 is 0. The van der Waals surface area contributed by atoms with Gasteiger partial charge >= 0.3 is 0 Å². The summed E-state index contributed by atoms with van der Waals surface area (Å²) in [5.41, 5.74) is 6.61. The summed E-state index contributed by atoms with van der Waals surface area (Å²) in [5.74, 6) is -0.0458. The summed E-state index contributed by atoms with van der Waals surface area (Å²) >= 11 is 0. The van der Waals surface area contributed by atoms with Crippen LogP contribution in [0.1, 0.15) is 32.6 Å². The van der Waals surface area contributed by atoms with Crippen molar-refractivity contribution in [2.45, 2.75) is 26.7 Å². The van der Waals surface area contributed by atoms with E-state index >= 15 is 0 Å². The average Bonchev–Trinajstić information content (AvgIpc) is 2.94. The van der Waals surface area contributed by atoms with Crippen LogP contribution in [0.4, 0.5) is 5.69 Å². The van der Waals surface area contributed by atoms with Gasteiger partial charge in [0.2, 0.25) is 0 Å². The lowest BCUT2D eigenvalue weighted by Crippen LogP contribution is -2.12. The highest BCUT2D eigenvalue weighted by Gasteiger charge is 2.17. The summed E-state index contributed by atoms with van der Waals surface area (Å²) in [5, 5.41) is 5.57. The quantitative estimate of drug-likeness (QED) is 0.723. The largest absolute Gasteiger partial charge is 0.321 e. The van der Waals surface area contributed by atoms with E-state index in [1.165, 1.54) is 16.5 Å². The van der Waals surface area contributed by atoms with Crippen LogP contribution in [0.15, 0.2) is 48.5 Å². The van der Waals surface area contributed by atoms with Crippen molar-refractivity contribution in [3.63, 3.8) is 0 Å². The first-order valence-electron chi connectivity index (χ1n) is 8.05. The number of rotatable bonds is 2. The Balaban J connectivity index is 1.75. The Morgan fingerprint density at radius 3 is 2.35 bits per heavy atom. The molecule has 0 spiro atoms. The molecule has 0 fully saturated rings. The van der Waals surface area contributed by atoms with Gasteiger partial charge in [0.1, 0.15) is 0 Å². The van der Waals surface area contributed by atoms with Gasteiger partial charge in [-0.1, -0.05) is 41.5 Å². The molecule has 0 bridgehead atoms. The van der Waals surface area contributed by atoms with Gasteiger partial charge in [0.25, 0.3) is 5.91 Å². The third kappa shape index (κ3) is 2.40. The van der Waals surface area contributed by atoms with Crippen molar-refractivity contribution < 1.29 is 4.79 Å². The van der Waals surface area contributed by atoms with Crippen LogP contribution in [0.5, 0.6) is 0 Å². The Bertz CT molecular complexity index is 909. The highest BCUT2D eigenvalue weighted by molar-refractivity contribution is 6.10. The zero-order valence-corrected chi connectivity index (χ0v) is 13.4. The molecular formula is C21H19NO. The van der Waals surface area contributed by atoms with Crippen LogP contribution in [0, 0.1) is 13.8 Å². The van der Waals surface area contributed by atoms with Crippen LogP contribution >= 0.6 is 0 Å². The predicted octanol–water partition coefficient (Wildman–Crippen LogP) is 4.81. The van der Waals surface area contributed by atoms with E-state index in [1.807, 2.05) is 32.0 Å². The lowest BCUT2D eigenvalue weighted by atomic mass is 10.0. The molecule has 23 heavy (non-hydrogen) atoms. The SMILES string of the molecule is Cc1cc(C)cc(C(=O)Nc2ccc3c4c(cccc24)CC3)c1. The Hall–Kier alpha value is -2.61. The Morgan fingerprint density at radius 1 is 0.913 bits per heavy atom. The van der Waals surface area contributed by atoms with Gasteiger partial charge < -0.3 is 5.32 Å². The molecule has 0 radical (unpaired) electrons. The van der Waals surface area contributed by atoms with Crippen LogP contribution in [-0.2, 0) is 12.8 Å². The van der Waals surface area contributed by atoms with E-state index in [0.29, 0.717) is 5.56 Å². The molecule has 4 rings (SSSR count). The van der Waals surface area contributed by atoms with Gasteiger partial charge in [-0.05, 0) is 61.4 Å². The van der Waals surface area contributed by atoms with Crippen LogP contribution in [0.25, 0.3) is 10.8 Å². The third-order valence-electron chi connectivity index (χ3n) is 4.61. The summed E-state index contributed by atoms with van der Waals surface area (Å²) in [6, 6.07) is 16.5. The number of benzene rings is 3. The first-order chi connectivity index (χ1) is 11.1. The Kier molecular flexibility index (Phi) is 3.19. The second-order valence-electron chi connectivity index (χ2n) is 6.44. The van der Waals surface area contributed by atoms with Crippen molar-refractivity contribution in [1.82, 2.24) is 0 Å². The molecule has 1 amide bonds. The highest BCUT2D eigenvalue weighted by atomic mass is 16.1. The van der Waals surface area contributed by atoms with E-state index in [0.717, 1.165) is 35.0 Å². The second kappa shape index (κ2) is 5.24. The van der Waals surface area contributed by atoms with Crippen molar-refractivity contribution >= 4 is 22.4 Å². The molecule has 1 aliphatic carbocycles. The van der Waals surface area contributed by atoms with Gasteiger partial charge in [-0.15, -0.1) is 0 Å². The summed E-state index contributed by atoms with van der Waals surface area (Å²) in [4.78, 5) is 12.6. The maximum absolute atomic E-state index is 12.6. The average molecular weight is 301 g/mol. The minimum absolute atomic E-state index is 0.0458. The van der Waals surface area contributed by atoms with E-state index in [9.17, 15) is 4.79 Å². The number of aryl methyl sites for hydroxylation is 4. The number of nitrogens with one attached hydrogen (secondary N) is 1. The standard InChI is InChI=1S/C21H19NO/c1-13-10-14(2)12-17(11-13)21(23)22-19-9-8-16-7-6-15-4-3-5-18(19)20(15)16/h3-5,8-12H,6-7H2,1-2H3,(H,22,23). The molecule has 0 saturated heterocycles. The minimum Gasteiger partial charge on any atom is -0.321 e. The van der Waals surface area contributed by atoms with E-state index in [2.05, 4.69) is 35.6 Å².